The van der Waals surface area contributed by atoms with E-state index < -0.39 is 12.8 Å². The predicted molar refractivity (Wildman–Crippen MR) is 124 cm³/mol. The number of hydrogen-bond acceptors (Lipinski definition) is 6. The fourth-order valence-corrected chi connectivity index (χ4v) is 4.68. The highest BCUT2D eigenvalue weighted by Gasteiger charge is 2.28. The van der Waals surface area contributed by atoms with Crippen LogP contribution in [-0.2, 0) is 35.6 Å². The summed E-state index contributed by atoms with van der Waals surface area (Å²) in [6.07, 6.45) is 0.179. The number of carbonyl (C=O) groups is 1. The molecule has 2 aromatic rings. The Balaban J connectivity index is 1.12. The molecule has 1 N–H and O–H groups in total. The molecule has 3 heterocycles. The Morgan fingerprint density at radius 3 is 2.86 bits per heavy atom. The SMILES string of the molecule is O=C(NC1COc2ccc(COCC(F)(F)F)cc2C1)c1cc2n(n1)CCN(CCOC1CCC1)C2. The zero-order valence-electron chi connectivity index (χ0n) is 20.1. The Morgan fingerprint density at radius 2 is 2.08 bits per heavy atom. The summed E-state index contributed by atoms with van der Waals surface area (Å²) in [4.78, 5) is 15.2. The van der Waals surface area contributed by atoms with Crippen molar-refractivity contribution in [1.29, 1.82) is 0 Å². The zero-order valence-corrected chi connectivity index (χ0v) is 20.1. The standard InChI is InChI=1S/C25H31F3N4O4/c26-25(27,28)16-34-14-17-4-5-23-18(10-17)11-19(15-36-23)29-24(33)22-12-20-13-31(6-7-32(20)30-22)8-9-35-21-2-1-3-21/h4-5,10,12,19,21H,1-3,6-9,11,13-16H2,(H,29,33). The summed E-state index contributed by atoms with van der Waals surface area (Å²) < 4.78 is 55.3. The molecule has 1 aliphatic carbocycles. The van der Waals surface area contributed by atoms with Gasteiger partial charge in [-0.2, -0.15) is 18.3 Å². The summed E-state index contributed by atoms with van der Waals surface area (Å²) in [5.74, 6) is 0.400. The number of nitrogens with one attached hydrogen (secondary N) is 1. The van der Waals surface area contributed by atoms with Gasteiger partial charge >= 0.3 is 6.18 Å². The molecule has 0 bridgehead atoms. The van der Waals surface area contributed by atoms with Crippen molar-refractivity contribution in [3.05, 3.63) is 46.8 Å². The summed E-state index contributed by atoms with van der Waals surface area (Å²) in [5.41, 5.74) is 2.82. The second-order valence-electron chi connectivity index (χ2n) is 9.68. The zero-order chi connectivity index (χ0) is 25.1. The maximum atomic E-state index is 12.9. The molecule has 5 rings (SSSR count). The molecule has 1 atom stereocenters. The van der Waals surface area contributed by atoms with E-state index in [1.54, 1.807) is 18.2 Å². The maximum Gasteiger partial charge on any atom is 0.411 e. The van der Waals surface area contributed by atoms with Crippen molar-refractivity contribution in [2.45, 2.75) is 63.7 Å². The van der Waals surface area contributed by atoms with Crippen molar-refractivity contribution in [3.63, 3.8) is 0 Å². The summed E-state index contributed by atoms with van der Waals surface area (Å²) in [6, 6.07) is 6.75. The summed E-state index contributed by atoms with van der Waals surface area (Å²) in [6.45, 7) is 2.79. The van der Waals surface area contributed by atoms with Gasteiger partial charge in [0.05, 0.1) is 37.6 Å². The molecule has 1 fully saturated rings. The fourth-order valence-electron chi connectivity index (χ4n) is 4.68. The number of halogens is 3. The van der Waals surface area contributed by atoms with Crippen LogP contribution in [-0.4, -0.2) is 71.8 Å². The van der Waals surface area contributed by atoms with E-state index >= 15 is 0 Å². The van der Waals surface area contributed by atoms with E-state index in [2.05, 4.69) is 15.3 Å². The van der Waals surface area contributed by atoms with Crippen LogP contribution in [0.4, 0.5) is 13.2 Å². The topological polar surface area (TPSA) is 77.8 Å². The minimum Gasteiger partial charge on any atom is -0.491 e. The number of carbonyl (C=O) groups excluding carboxylic acids is 1. The maximum absolute atomic E-state index is 12.9. The fraction of sp³-hybridized carbons (Fsp3) is 0.600. The van der Waals surface area contributed by atoms with E-state index in [0.717, 1.165) is 44.0 Å². The second kappa shape index (κ2) is 10.8. The molecule has 0 spiro atoms. The Bertz CT molecular complexity index is 1070. The highest BCUT2D eigenvalue weighted by Crippen LogP contribution is 2.27. The van der Waals surface area contributed by atoms with Crippen molar-refractivity contribution in [2.75, 3.05) is 32.9 Å². The Kier molecular flexibility index (Phi) is 7.49. The quantitative estimate of drug-likeness (QED) is 0.561. The third kappa shape index (κ3) is 6.37. The Hall–Kier alpha value is -2.63. The molecule has 1 aromatic heterocycles. The molecule has 1 aromatic carbocycles. The molecule has 1 saturated carbocycles. The van der Waals surface area contributed by atoms with Gasteiger partial charge in [-0.15, -0.1) is 0 Å². The molecule has 11 heteroatoms. The molecular weight excluding hydrogens is 477 g/mol. The lowest BCUT2D eigenvalue weighted by Gasteiger charge is -2.30. The van der Waals surface area contributed by atoms with Gasteiger partial charge in [-0.05, 0) is 55.0 Å². The highest BCUT2D eigenvalue weighted by molar-refractivity contribution is 5.92. The third-order valence-electron chi connectivity index (χ3n) is 6.82. The van der Waals surface area contributed by atoms with Crippen LogP contribution in [0.3, 0.4) is 0 Å². The monoisotopic (exact) mass is 508 g/mol. The van der Waals surface area contributed by atoms with Gasteiger partial charge in [0, 0.05) is 19.6 Å². The highest BCUT2D eigenvalue weighted by atomic mass is 19.4. The average molecular weight is 509 g/mol. The first-order chi connectivity index (χ1) is 17.3. The Morgan fingerprint density at radius 1 is 1.22 bits per heavy atom. The first kappa shape index (κ1) is 25.0. The van der Waals surface area contributed by atoms with Crippen molar-refractivity contribution >= 4 is 5.91 Å². The van der Waals surface area contributed by atoms with E-state index in [4.69, 9.17) is 14.2 Å². The number of fused-ring (bicyclic) bond motifs is 2. The first-order valence-electron chi connectivity index (χ1n) is 12.4. The molecule has 1 amide bonds. The van der Waals surface area contributed by atoms with E-state index in [1.165, 1.54) is 19.3 Å². The third-order valence-corrected chi connectivity index (χ3v) is 6.82. The largest absolute Gasteiger partial charge is 0.491 e. The number of alkyl halides is 3. The molecule has 1 unspecified atom stereocenters. The van der Waals surface area contributed by atoms with Crippen molar-refractivity contribution < 1.29 is 32.2 Å². The molecule has 8 nitrogen and oxygen atoms in total. The first-order valence-corrected chi connectivity index (χ1v) is 12.4. The van der Waals surface area contributed by atoms with Crippen LogP contribution in [0.1, 0.15) is 46.6 Å². The number of nitrogens with zero attached hydrogens (tertiary/aromatic N) is 3. The lowest BCUT2D eigenvalue weighted by Crippen LogP contribution is -2.43. The van der Waals surface area contributed by atoms with Crippen LogP contribution in [0.25, 0.3) is 0 Å². The van der Waals surface area contributed by atoms with Gasteiger partial charge in [0.1, 0.15) is 19.0 Å². The number of hydrogen-bond donors (Lipinski definition) is 1. The van der Waals surface area contributed by atoms with Crippen LogP contribution in [0, 0.1) is 0 Å². The normalized spacial score (nSPS) is 20.2. The number of rotatable bonds is 9. The number of ether oxygens (including phenoxy) is 3. The summed E-state index contributed by atoms with van der Waals surface area (Å²) >= 11 is 0. The van der Waals surface area contributed by atoms with Gasteiger partial charge < -0.3 is 19.5 Å². The van der Waals surface area contributed by atoms with Crippen LogP contribution in [0.15, 0.2) is 24.3 Å². The van der Waals surface area contributed by atoms with Gasteiger partial charge in [0.25, 0.3) is 5.91 Å². The molecule has 2 aliphatic heterocycles. The Labute approximate surface area is 207 Å². The molecular formula is C25H31F3N4O4. The molecule has 0 radical (unpaired) electrons. The van der Waals surface area contributed by atoms with Gasteiger partial charge in [0.2, 0.25) is 0 Å². The van der Waals surface area contributed by atoms with Gasteiger partial charge in [-0.25, -0.2) is 0 Å². The van der Waals surface area contributed by atoms with Crippen molar-refractivity contribution in [3.8, 4) is 5.75 Å². The van der Waals surface area contributed by atoms with Crippen molar-refractivity contribution in [2.24, 2.45) is 0 Å². The van der Waals surface area contributed by atoms with Gasteiger partial charge in [-0.3, -0.25) is 14.4 Å². The minimum atomic E-state index is -4.36. The molecule has 36 heavy (non-hydrogen) atoms. The van der Waals surface area contributed by atoms with Crippen LogP contribution in [0.5, 0.6) is 5.75 Å². The van der Waals surface area contributed by atoms with Crippen LogP contribution >= 0.6 is 0 Å². The lowest BCUT2D eigenvalue weighted by atomic mass is 9.96. The van der Waals surface area contributed by atoms with E-state index in [-0.39, 0.29) is 18.6 Å². The van der Waals surface area contributed by atoms with E-state index in [0.29, 0.717) is 36.1 Å². The predicted octanol–water partition coefficient (Wildman–Crippen LogP) is 3.08. The van der Waals surface area contributed by atoms with E-state index in [9.17, 15) is 18.0 Å². The summed E-state index contributed by atoms with van der Waals surface area (Å²) in [5, 5.41) is 7.48. The van der Waals surface area contributed by atoms with Crippen LogP contribution < -0.4 is 10.1 Å². The van der Waals surface area contributed by atoms with Gasteiger partial charge in [-0.1, -0.05) is 6.07 Å². The number of aromatic nitrogens is 2. The number of amides is 1. The van der Waals surface area contributed by atoms with Crippen molar-refractivity contribution in [1.82, 2.24) is 20.0 Å². The molecule has 0 saturated heterocycles. The smallest absolute Gasteiger partial charge is 0.411 e. The summed E-state index contributed by atoms with van der Waals surface area (Å²) in [7, 11) is 0. The van der Waals surface area contributed by atoms with E-state index in [1.807, 2.05) is 10.7 Å². The van der Waals surface area contributed by atoms with Gasteiger partial charge in [0.15, 0.2) is 5.69 Å². The lowest BCUT2D eigenvalue weighted by molar-refractivity contribution is -0.176. The minimum absolute atomic E-state index is 0.145. The molecule has 3 aliphatic rings. The average Bonchev–Trinajstić information content (AvgIpc) is 3.23. The second-order valence-corrected chi connectivity index (χ2v) is 9.68. The van der Waals surface area contributed by atoms with Crippen LogP contribution in [0.2, 0.25) is 0 Å². The number of benzene rings is 1. The molecule has 196 valence electrons.